The van der Waals surface area contributed by atoms with Crippen molar-refractivity contribution in [2.45, 2.75) is 19.5 Å². The van der Waals surface area contributed by atoms with Gasteiger partial charge in [-0.25, -0.2) is 9.13 Å². The summed E-state index contributed by atoms with van der Waals surface area (Å²) in [5.74, 6) is 0. The Balaban J connectivity index is 0.000000336. The Labute approximate surface area is 88.8 Å². The Morgan fingerprint density at radius 3 is 2.67 bits per heavy atom. The number of aryl methyl sites for hydroxylation is 1. The van der Waals surface area contributed by atoms with Crippen molar-refractivity contribution in [3.8, 4) is 6.19 Å². The van der Waals surface area contributed by atoms with Crippen LogP contribution >= 0.6 is 0 Å². The van der Waals surface area contributed by atoms with E-state index in [1.54, 1.807) is 0 Å². The van der Waals surface area contributed by atoms with Gasteiger partial charge in [0.05, 0.1) is 13.2 Å². The Bertz CT molecular complexity index is 368. The maximum atomic E-state index is 7.43. The molecule has 0 amide bonds. The lowest BCUT2D eigenvalue weighted by atomic mass is 10.4. The van der Waals surface area contributed by atoms with Crippen LogP contribution in [0.2, 0.25) is 0 Å². The summed E-state index contributed by atoms with van der Waals surface area (Å²) in [6, 6.07) is 1.28. The molecule has 1 unspecified atom stereocenters. The van der Waals surface area contributed by atoms with Crippen molar-refractivity contribution in [1.82, 2.24) is 4.57 Å². The summed E-state index contributed by atoms with van der Waals surface area (Å²) in [6.45, 7) is 2.07. The number of rotatable bonds is 2. The van der Waals surface area contributed by atoms with Gasteiger partial charge in [-0.3, -0.25) is 5.73 Å². The number of aromatic nitrogens is 2. The number of nitrogens with zero attached hydrogens (tertiary/aromatic N) is 5. The second-order valence-corrected chi connectivity index (χ2v) is 2.81. The lowest BCUT2D eigenvalue weighted by Crippen LogP contribution is -2.25. The molecule has 0 bridgehead atoms. The fourth-order valence-electron chi connectivity index (χ4n) is 0.899. The number of hydrogen-bond donors (Lipinski definition) is 1. The lowest BCUT2D eigenvalue weighted by Gasteiger charge is -2.01. The standard InChI is InChI=1S/C7H14N3.C2N3/c1-3-7(8)10-5-4-9(2)6-10;3-1-5-2-4/h4-7H,3,8H2,1-2H3;/q+1;-1. The van der Waals surface area contributed by atoms with Gasteiger partial charge in [-0.1, -0.05) is 6.92 Å². The quantitative estimate of drug-likeness (QED) is 0.430. The van der Waals surface area contributed by atoms with Crippen molar-refractivity contribution < 1.29 is 4.57 Å². The molecule has 0 radical (unpaired) electrons. The number of hydrogen-bond acceptors (Lipinski definition) is 3. The first-order valence-electron chi connectivity index (χ1n) is 4.41. The third-order valence-corrected chi connectivity index (χ3v) is 1.69. The van der Waals surface area contributed by atoms with E-state index >= 15 is 0 Å². The topological polar surface area (TPSA) is 93.3 Å². The molecule has 80 valence electrons. The van der Waals surface area contributed by atoms with Gasteiger partial charge >= 0.3 is 0 Å². The molecule has 0 fully saturated rings. The minimum atomic E-state index is 0.126. The monoisotopic (exact) mass is 206 g/mol. The molecule has 1 aromatic heterocycles. The predicted octanol–water partition coefficient (Wildman–Crippen LogP) is 0.391. The van der Waals surface area contributed by atoms with Crippen molar-refractivity contribution in [2.24, 2.45) is 17.8 Å². The van der Waals surface area contributed by atoms with E-state index in [-0.39, 0.29) is 6.17 Å². The molecule has 6 nitrogen and oxygen atoms in total. The highest BCUT2D eigenvalue weighted by Crippen LogP contribution is 1.99. The van der Waals surface area contributed by atoms with Gasteiger partial charge in [0.15, 0.2) is 0 Å². The van der Waals surface area contributed by atoms with Crippen molar-refractivity contribution in [3.63, 3.8) is 0 Å². The van der Waals surface area contributed by atoms with Crippen molar-refractivity contribution in [2.75, 3.05) is 0 Å². The average molecular weight is 206 g/mol. The van der Waals surface area contributed by atoms with E-state index in [2.05, 4.69) is 11.9 Å². The van der Waals surface area contributed by atoms with E-state index in [1.165, 1.54) is 12.2 Å². The fourth-order valence-corrected chi connectivity index (χ4v) is 0.899. The van der Waals surface area contributed by atoms with E-state index in [9.17, 15) is 0 Å². The van der Waals surface area contributed by atoms with Crippen molar-refractivity contribution in [1.29, 1.82) is 5.26 Å². The van der Waals surface area contributed by atoms with E-state index in [1.807, 2.05) is 34.9 Å². The average Bonchev–Trinajstić information content (AvgIpc) is 2.66. The van der Waals surface area contributed by atoms with Crippen molar-refractivity contribution in [3.05, 3.63) is 24.1 Å². The molecule has 0 aliphatic carbocycles. The minimum absolute atomic E-state index is 0.126. The minimum Gasteiger partial charge on any atom is -0.422 e. The SMILES string of the molecule is CCC(N)n1cc[n+](C)c1.N#CN=C=[N-]. The Hall–Kier alpha value is -1.96. The second-order valence-electron chi connectivity index (χ2n) is 2.81. The molecule has 0 aliphatic heterocycles. The highest BCUT2D eigenvalue weighted by atomic mass is 15.2. The molecule has 15 heavy (non-hydrogen) atoms. The maximum absolute atomic E-state index is 7.43. The summed E-state index contributed by atoms with van der Waals surface area (Å²) >= 11 is 0. The van der Waals surface area contributed by atoms with Crippen LogP contribution in [0.5, 0.6) is 0 Å². The van der Waals surface area contributed by atoms with Crippen LogP contribution in [0.25, 0.3) is 5.41 Å². The van der Waals surface area contributed by atoms with Gasteiger partial charge in [0.1, 0.15) is 18.6 Å². The summed E-state index contributed by atoms with van der Waals surface area (Å²) in [5, 5.41) is 14.9. The van der Waals surface area contributed by atoms with Gasteiger partial charge < -0.3 is 10.4 Å². The first-order valence-corrected chi connectivity index (χ1v) is 4.41. The Kier molecular flexibility index (Phi) is 6.47. The molecule has 0 aliphatic rings. The number of aliphatic imine (C=N–C) groups is 1. The summed E-state index contributed by atoms with van der Waals surface area (Å²) < 4.78 is 3.98. The van der Waals surface area contributed by atoms with E-state index < -0.39 is 0 Å². The zero-order valence-electron chi connectivity index (χ0n) is 8.83. The fraction of sp³-hybridized carbons (Fsp3) is 0.444. The number of nitrogens with two attached hydrogens (primary N) is 1. The van der Waals surface area contributed by atoms with Crippen LogP contribution in [-0.4, -0.2) is 10.6 Å². The van der Waals surface area contributed by atoms with E-state index in [0.717, 1.165) is 6.42 Å². The van der Waals surface area contributed by atoms with Crippen LogP contribution in [0.4, 0.5) is 0 Å². The lowest BCUT2D eigenvalue weighted by molar-refractivity contribution is -0.671. The second kappa shape index (κ2) is 7.44. The molecule has 0 saturated heterocycles. The Morgan fingerprint density at radius 1 is 1.73 bits per heavy atom. The predicted molar refractivity (Wildman–Crippen MR) is 55.5 cm³/mol. The normalized spacial score (nSPS) is 10.3. The number of imidazole rings is 1. The first-order chi connectivity index (χ1) is 7.15. The molecule has 1 atom stereocenters. The van der Waals surface area contributed by atoms with Crippen LogP contribution < -0.4 is 10.3 Å². The maximum Gasteiger partial charge on any atom is 0.244 e. The summed E-state index contributed by atoms with van der Waals surface area (Å²) in [6.07, 6.45) is 8.32. The van der Waals surface area contributed by atoms with Crippen LogP contribution in [0.15, 0.2) is 23.7 Å². The zero-order valence-corrected chi connectivity index (χ0v) is 8.83. The van der Waals surface area contributed by atoms with E-state index in [4.69, 9.17) is 16.4 Å². The van der Waals surface area contributed by atoms with Crippen LogP contribution in [0.3, 0.4) is 0 Å². The first kappa shape index (κ1) is 13.0. The third kappa shape index (κ3) is 5.37. The summed E-state index contributed by atoms with van der Waals surface area (Å²) in [7, 11) is 1.98. The number of nitriles is 1. The molecule has 0 aromatic carbocycles. The molecule has 6 heteroatoms. The molecule has 2 N–H and O–H groups in total. The van der Waals surface area contributed by atoms with Gasteiger partial charge in [0, 0.05) is 0 Å². The van der Waals surface area contributed by atoms with Gasteiger partial charge in [-0.2, -0.15) is 5.26 Å². The smallest absolute Gasteiger partial charge is 0.244 e. The molecular weight excluding hydrogens is 192 g/mol. The zero-order chi connectivity index (χ0) is 11.7. The van der Waals surface area contributed by atoms with E-state index in [0.29, 0.717) is 0 Å². The highest BCUT2D eigenvalue weighted by Gasteiger charge is 2.06. The molecule has 0 saturated carbocycles. The van der Waals surface area contributed by atoms with Crippen LogP contribution in [-0.2, 0) is 7.05 Å². The van der Waals surface area contributed by atoms with Crippen LogP contribution in [0, 0.1) is 11.5 Å². The van der Waals surface area contributed by atoms with Crippen LogP contribution in [0.1, 0.15) is 19.5 Å². The largest absolute Gasteiger partial charge is 0.422 e. The molecular formula is C9H14N6. The third-order valence-electron chi connectivity index (χ3n) is 1.69. The molecule has 1 heterocycles. The van der Waals surface area contributed by atoms with Crippen molar-refractivity contribution >= 4 is 6.01 Å². The summed E-state index contributed by atoms with van der Waals surface area (Å²) in [4.78, 5) is 2.58. The molecule has 1 aromatic rings. The summed E-state index contributed by atoms with van der Waals surface area (Å²) in [5.41, 5.74) is 5.76. The molecule has 0 spiro atoms. The van der Waals surface area contributed by atoms with Gasteiger partial charge in [0.2, 0.25) is 6.33 Å². The van der Waals surface area contributed by atoms with Gasteiger partial charge in [-0.05, 0) is 6.42 Å². The van der Waals surface area contributed by atoms with Gasteiger partial charge in [0.25, 0.3) is 0 Å². The Morgan fingerprint density at radius 2 is 2.40 bits per heavy atom. The highest BCUT2D eigenvalue weighted by molar-refractivity contribution is 5.46. The van der Waals surface area contributed by atoms with Gasteiger partial charge in [-0.15, -0.1) is 6.01 Å². The molecule has 1 rings (SSSR count).